The number of carbonyl (C=O) groups is 1. The van der Waals surface area contributed by atoms with Crippen LogP contribution in [0.3, 0.4) is 0 Å². The minimum Gasteiger partial charge on any atom is -0.496 e. The number of alkyl halides is 6. The van der Waals surface area contributed by atoms with Crippen molar-refractivity contribution in [3.05, 3.63) is 131 Å². The molecule has 0 radical (unpaired) electrons. The number of halogens is 6. The maximum Gasteiger partial charge on any atom is 0.377 e. The van der Waals surface area contributed by atoms with E-state index in [-0.39, 0.29) is 33.8 Å². The summed E-state index contributed by atoms with van der Waals surface area (Å²) >= 11 is 0. The lowest BCUT2D eigenvalue weighted by molar-refractivity contribution is -0.329. The monoisotopic (exact) mass is 840 g/mol. The first-order chi connectivity index (χ1) is 28.6. The van der Waals surface area contributed by atoms with Gasteiger partial charge in [0.25, 0.3) is 0 Å². The van der Waals surface area contributed by atoms with Crippen molar-refractivity contribution in [2.24, 2.45) is 0 Å². The SMILES string of the molecule is C=CC(=O)OCC(F)(F)C(F)(F)C(F)(F)COC(COc1ccc2cc(-c3ccccc3OC)c(=O)oc2c1)COc1ccc2cc(-c3ccccc3OC)c(=O)oc2c1. The lowest BCUT2D eigenvalue weighted by atomic mass is 10.0. The molecule has 314 valence electrons. The highest BCUT2D eigenvalue weighted by molar-refractivity contribution is 5.85. The number of hydrogen-bond acceptors (Lipinski definition) is 11. The van der Waals surface area contributed by atoms with Crippen molar-refractivity contribution < 1.29 is 68.4 Å². The van der Waals surface area contributed by atoms with Gasteiger partial charge >= 0.3 is 35.0 Å². The van der Waals surface area contributed by atoms with Crippen molar-refractivity contribution in [1.82, 2.24) is 0 Å². The van der Waals surface area contributed by atoms with Crippen LogP contribution in [-0.2, 0) is 14.3 Å². The second-order valence-corrected chi connectivity index (χ2v) is 13.0. The quantitative estimate of drug-likeness (QED) is 0.0356. The smallest absolute Gasteiger partial charge is 0.377 e. The van der Waals surface area contributed by atoms with E-state index in [0.29, 0.717) is 39.5 Å². The number of ether oxygens (including phenoxy) is 6. The lowest BCUT2D eigenvalue weighted by Crippen LogP contribution is -2.58. The molecule has 0 spiro atoms. The number of carbonyl (C=O) groups excluding carboxylic acids is 1. The molecule has 0 aliphatic carbocycles. The summed E-state index contributed by atoms with van der Waals surface area (Å²) in [4.78, 5) is 37.2. The van der Waals surface area contributed by atoms with Gasteiger partial charge in [-0.2, -0.15) is 26.3 Å². The number of hydrogen-bond donors (Lipinski definition) is 0. The van der Waals surface area contributed by atoms with Gasteiger partial charge in [-0.25, -0.2) is 14.4 Å². The number of fused-ring (bicyclic) bond motifs is 2. The summed E-state index contributed by atoms with van der Waals surface area (Å²) < 4.78 is 130. The Morgan fingerprint density at radius 1 is 0.650 bits per heavy atom. The van der Waals surface area contributed by atoms with Gasteiger partial charge < -0.3 is 37.3 Å². The average molecular weight is 841 g/mol. The zero-order valence-electron chi connectivity index (χ0n) is 31.7. The first-order valence-electron chi connectivity index (χ1n) is 17.8. The lowest BCUT2D eigenvalue weighted by Gasteiger charge is -2.33. The molecule has 0 fully saturated rings. The van der Waals surface area contributed by atoms with Crippen LogP contribution in [0.15, 0.2) is 128 Å². The molecule has 0 N–H and O–H groups in total. The van der Waals surface area contributed by atoms with Crippen molar-refractivity contribution in [3.8, 4) is 45.3 Å². The molecule has 0 unspecified atom stereocenters. The fourth-order valence-corrected chi connectivity index (χ4v) is 5.89. The Labute approximate surface area is 336 Å². The predicted octanol–water partition coefficient (Wildman–Crippen LogP) is 8.73. The van der Waals surface area contributed by atoms with E-state index in [4.69, 9.17) is 32.5 Å². The highest BCUT2D eigenvalue weighted by Crippen LogP contribution is 2.46. The average Bonchev–Trinajstić information content (AvgIpc) is 3.24. The van der Waals surface area contributed by atoms with Gasteiger partial charge in [-0.3, -0.25) is 0 Å². The summed E-state index contributed by atoms with van der Waals surface area (Å²) in [6, 6.07) is 25.2. The van der Waals surface area contributed by atoms with Gasteiger partial charge in [-0.05, 0) is 48.5 Å². The van der Waals surface area contributed by atoms with Crippen LogP contribution in [-0.4, -0.2) is 70.5 Å². The zero-order valence-corrected chi connectivity index (χ0v) is 31.7. The van der Waals surface area contributed by atoms with Crippen molar-refractivity contribution in [2.75, 3.05) is 40.6 Å². The third-order valence-corrected chi connectivity index (χ3v) is 9.06. The summed E-state index contributed by atoms with van der Waals surface area (Å²) in [5, 5.41) is 0.914. The fraction of sp³-hybridized carbons (Fsp3) is 0.233. The fourth-order valence-electron chi connectivity index (χ4n) is 5.89. The molecule has 0 saturated heterocycles. The Bertz CT molecular complexity index is 2490. The predicted molar refractivity (Wildman–Crippen MR) is 206 cm³/mol. The summed E-state index contributed by atoms with van der Waals surface area (Å²) in [5.74, 6) is -17.8. The van der Waals surface area contributed by atoms with Crippen LogP contribution >= 0.6 is 0 Å². The minimum atomic E-state index is -6.06. The molecule has 2 heterocycles. The van der Waals surface area contributed by atoms with E-state index in [2.05, 4.69) is 11.3 Å². The molecule has 4 aromatic carbocycles. The highest BCUT2D eigenvalue weighted by Gasteiger charge is 2.72. The van der Waals surface area contributed by atoms with Crippen molar-refractivity contribution in [1.29, 1.82) is 0 Å². The second-order valence-electron chi connectivity index (χ2n) is 13.0. The van der Waals surface area contributed by atoms with Gasteiger partial charge in [-0.15, -0.1) is 0 Å². The van der Waals surface area contributed by atoms with Gasteiger partial charge in [0.1, 0.15) is 60.1 Å². The Morgan fingerprint density at radius 2 is 1.10 bits per heavy atom. The molecule has 6 rings (SSSR count). The Balaban J connectivity index is 1.23. The number of esters is 1. The van der Waals surface area contributed by atoms with Crippen LogP contribution in [0.2, 0.25) is 0 Å². The Kier molecular flexibility index (Phi) is 12.6. The van der Waals surface area contributed by atoms with Gasteiger partial charge in [0.2, 0.25) is 0 Å². The van der Waals surface area contributed by atoms with Crippen LogP contribution in [0, 0.1) is 0 Å². The molecule has 0 amide bonds. The first kappa shape index (κ1) is 42.8. The minimum absolute atomic E-state index is 0.00952. The van der Waals surface area contributed by atoms with E-state index in [9.17, 15) is 40.7 Å². The van der Waals surface area contributed by atoms with E-state index < -0.39 is 67.5 Å². The standard InChI is InChI=1S/C43H34F6O11/c1-4-38(50)58-24-42(46,47)43(48,49)41(44,45)23-57-29(21-55-27-15-13-25-17-32(39(51)59-36(25)19-27)30-9-5-7-11-34(30)53-2)22-56-28-16-14-26-18-33(40(52)60-37(26)20-28)31-10-6-8-12-35(31)54-3/h4-20,29H,1,21-24H2,2-3H3. The van der Waals surface area contributed by atoms with Crippen molar-refractivity contribution in [2.45, 2.75) is 23.9 Å². The van der Waals surface area contributed by atoms with Crippen LogP contribution in [0.1, 0.15) is 0 Å². The maximum atomic E-state index is 14.9. The van der Waals surface area contributed by atoms with Crippen molar-refractivity contribution in [3.63, 3.8) is 0 Å². The Hall–Kier alpha value is -6.75. The molecular formula is C43H34F6O11. The molecule has 0 bridgehead atoms. The van der Waals surface area contributed by atoms with Crippen LogP contribution in [0.4, 0.5) is 26.3 Å². The number of benzene rings is 4. The van der Waals surface area contributed by atoms with Crippen LogP contribution < -0.4 is 30.2 Å². The summed E-state index contributed by atoms with van der Waals surface area (Å²) in [6.45, 7) is -3.07. The zero-order chi connectivity index (χ0) is 43.2. The third kappa shape index (κ3) is 9.10. The molecule has 17 heteroatoms. The van der Waals surface area contributed by atoms with E-state index in [1.165, 1.54) is 50.6 Å². The second kappa shape index (κ2) is 17.6. The van der Waals surface area contributed by atoms with Gasteiger partial charge in [0.05, 0.1) is 25.3 Å². The van der Waals surface area contributed by atoms with Gasteiger partial charge in [0, 0.05) is 40.1 Å². The molecule has 11 nitrogen and oxygen atoms in total. The van der Waals surface area contributed by atoms with Gasteiger partial charge in [-0.1, -0.05) is 43.0 Å². The summed E-state index contributed by atoms with van der Waals surface area (Å²) in [7, 11) is 2.89. The molecule has 0 atom stereocenters. The number of rotatable bonds is 18. The van der Waals surface area contributed by atoms with E-state index in [0.717, 1.165) is 0 Å². The molecule has 0 aliphatic rings. The summed E-state index contributed by atoms with van der Waals surface area (Å²) in [5.41, 5.74) is 0.0156. The topological polar surface area (TPSA) is 133 Å². The van der Waals surface area contributed by atoms with Crippen molar-refractivity contribution >= 4 is 27.9 Å². The highest BCUT2D eigenvalue weighted by atomic mass is 19.3. The number of para-hydroxylation sites is 2. The maximum absolute atomic E-state index is 14.9. The third-order valence-electron chi connectivity index (χ3n) is 9.06. The van der Waals surface area contributed by atoms with E-state index in [1.807, 2.05) is 0 Å². The Morgan fingerprint density at radius 3 is 1.55 bits per heavy atom. The largest absolute Gasteiger partial charge is 0.496 e. The van der Waals surface area contributed by atoms with E-state index >= 15 is 0 Å². The molecule has 0 aliphatic heterocycles. The number of methoxy groups -OCH3 is 2. The molecule has 0 saturated carbocycles. The normalized spacial score (nSPS) is 12.1. The van der Waals surface area contributed by atoms with Crippen LogP contribution in [0.5, 0.6) is 23.0 Å². The molecular weight excluding hydrogens is 806 g/mol. The van der Waals surface area contributed by atoms with Crippen LogP contribution in [0.25, 0.3) is 44.2 Å². The van der Waals surface area contributed by atoms with E-state index in [1.54, 1.807) is 60.7 Å². The first-order valence-corrected chi connectivity index (χ1v) is 17.8. The molecule has 60 heavy (non-hydrogen) atoms. The molecule has 6 aromatic rings. The molecule has 2 aromatic heterocycles. The van der Waals surface area contributed by atoms with Gasteiger partial charge in [0.15, 0.2) is 6.61 Å². The summed E-state index contributed by atoms with van der Waals surface area (Å²) in [6.07, 6.45) is -1.25.